The molecule has 0 bridgehead atoms. The maximum atomic E-state index is 14.4. The van der Waals surface area contributed by atoms with E-state index < -0.39 is 57.0 Å². The molecular weight excluding hydrogens is 737 g/mol. The first-order valence-corrected chi connectivity index (χ1v) is 16.0. The van der Waals surface area contributed by atoms with Crippen LogP contribution in [0.15, 0.2) is 78.4 Å². The summed E-state index contributed by atoms with van der Waals surface area (Å²) in [6, 6.07) is 16.5. The molecule has 12 heteroatoms. The Morgan fingerprint density at radius 2 is 1.53 bits per heavy atom. The Morgan fingerprint density at radius 1 is 0.889 bits per heavy atom. The monoisotopic (exact) mass is 760 g/mol. The summed E-state index contributed by atoms with van der Waals surface area (Å²) in [7, 11) is 1.37. The van der Waals surface area contributed by atoms with Crippen molar-refractivity contribution in [3.05, 3.63) is 93.3 Å². The molecule has 0 spiro atoms. The van der Waals surface area contributed by atoms with Gasteiger partial charge >= 0.3 is 0 Å². The van der Waals surface area contributed by atoms with E-state index in [4.69, 9.17) is 27.9 Å². The van der Waals surface area contributed by atoms with Crippen molar-refractivity contribution >= 4 is 80.8 Å². The molecule has 2 aliphatic carbocycles. The number of ether oxygens (including phenoxy) is 1. The number of nitrogens with zero attached hydrogens (tertiary/aromatic N) is 2. The Morgan fingerprint density at radius 3 is 2.20 bits per heavy atom. The first kappa shape index (κ1) is 30.2. The minimum absolute atomic E-state index is 0.0706. The third-order valence-electron chi connectivity index (χ3n) is 9.54. The highest BCUT2D eigenvalue weighted by molar-refractivity contribution is 14.1. The molecule has 8 nitrogen and oxygen atoms in total. The SMILES string of the molecule is COc1cccc([C@H]2C3=CC[C@@H]4C(=O)N(c5ccc(I)cc5)C(=O)[C@@H]4[C@@H]3C[C@@]3(Cl)C(=O)N(c4ccc(F)cc4)C(=O)[C@@]23Cl)c1O. The van der Waals surface area contributed by atoms with Gasteiger partial charge in [-0.1, -0.05) is 23.8 Å². The fraction of sp³-hybridized carbons (Fsp3) is 0.273. The zero-order chi connectivity index (χ0) is 32.0. The zero-order valence-electron chi connectivity index (χ0n) is 23.5. The van der Waals surface area contributed by atoms with Crippen molar-refractivity contribution in [3.8, 4) is 11.5 Å². The normalized spacial score (nSPS) is 30.6. The maximum Gasteiger partial charge on any atom is 0.258 e. The topological polar surface area (TPSA) is 104 Å². The summed E-state index contributed by atoms with van der Waals surface area (Å²) in [5.41, 5.74) is 1.21. The van der Waals surface area contributed by atoms with Gasteiger partial charge in [0, 0.05) is 15.1 Å². The number of para-hydroxylation sites is 1. The lowest BCUT2D eigenvalue weighted by molar-refractivity contribution is -0.125. The van der Waals surface area contributed by atoms with Crippen molar-refractivity contribution in [3.63, 3.8) is 0 Å². The Labute approximate surface area is 280 Å². The number of hydrogen-bond acceptors (Lipinski definition) is 6. The number of halogens is 4. The number of rotatable bonds is 4. The van der Waals surface area contributed by atoms with Crippen LogP contribution in [0.5, 0.6) is 11.5 Å². The molecule has 6 atom stereocenters. The second kappa shape index (κ2) is 10.5. The number of allylic oxidation sites excluding steroid dienone is 2. The van der Waals surface area contributed by atoms with Crippen LogP contribution in [0, 0.1) is 27.1 Å². The number of benzene rings is 3. The Hall–Kier alpha value is -3.48. The van der Waals surface area contributed by atoms with E-state index in [1.54, 1.807) is 42.5 Å². The number of amides is 4. The molecule has 230 valence electrons. The molecule has 0 unspecified atom stereocenters. The molecule has 2 aliphatic heterocycles. The number of phenolic OH excluding ortho intramolecular Hbond substituents is 1. The van der Waals surface area contributed by atoms with Gasteiger partial charge in [-0.25, -0.2) is 9.29 Å². The number of fused-ring (bicyclic) bond motifs is 4. The van der Waals surface area contributed by atoms with Crippen LogP contribution in [0.4, 0.5) is 15.8 Å². The number of alkyl halides is 2. The van der Waals surface area contributed by atoms with Crippen LogP contribution < -0.4 is 14.5 Å². The molecule has 7 rings (SSSR count). The number of imide groups is 2. The molecule has 2 saturated heterocycles. The van der Waals surface area contributed by atoms with Gasteiger partial charge in [0.25, 0.3) is 11.8 Å². The van der Waals surface area contributed by atoms with Gasteiger partial charge in [-0.2, -0.15) is 0 Å². The lowest BCUT2D eigenvalue weighted by Crippen LogP contribution is -2.60. The van der Waals surface area contributed by atoms with Crippen molar-refractivity contribution < 1.29 is 33.4 Å². The van der Waals surface area contributed by atoms with Crippen molar-refractivity contribution in [2.45, 2.75) is 28.5 Å². The van der Waals surface area contributed by atoms with Crippen LogP contribution in [0.25, 0.3) is 0 Å². The highest BCUT2D eigenvalue weighted by Gasteiger charge is 2.77. The lowest BCUT2D eigenvalue weighted by Gasteiger charge is -2.50. The molecule has 3 aromatic rings. The van der Waals surface area contributed by atoms with Crippen LogP contribution in [0.3, 0.4) is 0 Å². The van der Waals surface area contributed by atoms with Crippen molar-refractivity contribution in [1.29, 1.82) is 0 Å². The molecule has 45 heavy (non-hydrogen) atoms. The van der Waals surface area contributed by atoms with E-state index in [0.717, 1.165) is 20.6 Å². The second-order valence-electron chi connectivity index (χ2n) is 11.6. The molecular formula is C33H24Cl2FIN2O6. The summed E-state index contributed by atoms with van der Waals surface area (Å²) in [5, 5.41) is 11.4. The average molecular weight is 761 g/mol. The van der Waals surface area contributed by atoms with Gasteiger partial charge in [0.2, 0.25) is 11.8 Å². The van der Waals surface area contributed by atoms with Gasteiger partial charge in [-0.05, 0) is 95.9 Å². The van der Waals surface area contributed by atoms with E-state index in [-0.39, 0.29) is 41.5 Å². The van der Waals surface area contributed by atoms with E-state index >= 15 is 0 Å². The predicted octanol–water partition coefficient (Wildman–Crippen LogP) is 5.91. The first-order chi connectivity index (χ1) is 21.4. The number of carbonyl (C=O) groups is 4. The van der Waals surface area contributed by atoms with Crippen molar-refractivity contribution in [1.82, 2.24) is 0 Å². The van der Waals surface area contributed by atoms with Gasteiger partial charge in [-0.15, -0.1) is 23.2 Å². The fourth-order valence-corrected chi connectivity index (χ4v) is 8.81. The molecule has 1 N–H and O–H groups in total. The number of carbonyl (C=O) groups excluding carboxylic acids is 4. The van der Waals surface area contributed by atoms with E-state index in [2.05, 4.69) is 22.6 Å². The van der Waals surface area contributed by atoms with Gasteiger partial charge in [0.15, 0.2) is 21.2 Å². The summed E-state index contributed by atoms with van der Waals surface area (Å²) in [6.45, 7) is 0. The van der Waals surface area contributed by atoms with Gasteiger partial charge < -0.3 is 9.84 Å². The smallest absolute Gasteiger partial charge is 0.258 e. The highest BCUT2D eigenvalue weighted by atomic mass is 127. The molecule has 4 aliphatic rings. The van der Waals surface area contributed by atoms with Crippen LogP contribution >= 0.6 is 45.8 Å². The predicted molar refractivity (Wildman–Crippen MR) is 173 cm³/mol. The third kappa shape index (κ3) is 4.07. The number of aromatic hydroxyl groups is 1. The maximum absolute atomic E-state index is 14.4. The molecule has 4 amide bonds. The minimum atomic E-state index is -2.17. The Balaban J connectivity index is 1.41. The van der Waals surface area contributed by atoms with Gasteiger partial charge in [-0.3, -0.25) is 24.1 Å². The van der Waals surface area contributed by atoms with Crippen LogP contribution in [0.2, 0.25) is 0 Å². The summed E-state index contributed by atoms with van der Waals surface area (Å²) in [5.74, 6) is -6.85. The quantitative estimate of drug-likeness (QED) is 0.154. The zero-order valence-corrected chi connectivity index (χ0v) is 27.2. The summed E-state index contributed by atoms with van der Waals surface area (Å²) in [4.78, 5) is 54.4. The lowest BCUT2D eigenvalue weighted by atomic mass is 9.56. The van der Waals surface area contributed by atoms with Crippen LogP contribution in [-0.4, -0.2) is 45.6 Å². The van der Waals surface area contributed by atoms with Crippen LogP contribution in [-0.2, 0) is 19.2 Å². The van der Waals surface area contributed by atoms with E-state index in [1.807, 2.05) is 0 Å². The summed E-state index contributed by atoms with van der Waals surface area (Å²) < 4.78 is 20.1. The molecule has 0 aromatic heterocycles. The largest absolute Gasteiger partial charge is 0.504 e. The average Bonchev–Trinajstić information content (AvgIpc) is 3.36. The fourth-order valence-electron chi connectivity index (χ4n) is 7.53. The van der Waals surface area contributed by atoms with E-state index in [9.17, 15) is 28.7 Å². The summed E-state index contributed by atoms with van der Waals surface area (Å²) >= 11 is 16.8. The van der Waals surface area contributed by atoms with Crippen molar-refractivity contribution in [2.24, 2.45) is 17.8 Å². The van der Waals surface area contributed by atoms with E-state index in [1.165, 1.54) is 30.2 Å². The van der Waals surface area contributed by atoms with Crippen molar-refractivity contribution in [2.75, 3.05) is 16.9 Å². The number of phenols is 1. The molecule has 2 heterocycles. The van der Waals surface area contributed by atoms with Gasteiger partial charge in [0.05, 0.1) is 30.3 Å². The molecule has 1 saturated carbocycles. The van der Waals surface area contributed by atoms with E-state index in [0.29, 0.717) is 11.3 Å². The standard InChI is InChI=1S/C33H24Cl2FIN2O6/c1-45-24-4-2-3-22(27(24)40)26-20-13-14-21-25(29(42)38(28(21)41)18-11-7-17(37)8-12-18)23(20)15-32(34)30(43)39(31(44)33(26,32)35)19-9-5-16(36)6-10-19/h2-13,21,23,25-26,40H,14-15H2,1H3/t21-,23+,25-,26+,32+,33-/m0/s1. The Kier molecular flexibility index (Phi) is 7.06. The highest BCUT2D eigenvalue weighted by Crippen LogP contribution is 2.66. The third-order valence-corrected chi connectivity index (χ3v) is 11.7. The minimum Gasteiger partial charge on any atom is -0.504 e. The number of hydrogen-bond donors (Lipinski definition) is 1. The molecule has 0 radical (unpaired) electrons. The second-order valence-corrected chi connectivity index (χ2v) is 14.1. The molecule has 3 fully saturated rings. The number of anilines is 2. The molecule has 3 aromatic carbocycles. The number of methoxy groups -OCH3 is 1. The summed E-state index contributed by atoms with van der Waals surface area (Å²) in [6.07, 6.45) is 1.74. The first-order valence-electron chi connectivity index (χ1n) is 14.2. The Bertz CT molecular complexity index is 1840. The van der Waals surface area contributed by atoms with Crippen LogP contribution in [0.1, 0.15) is 24.3 Å². The van der Waals surface area contributed by atoms with Gasteiger partial charge in [0.1, 0.15) is 5.82 Å².